The maximum absolute atomic E-state index is 12.6. The Kier molecular flexibility index (Phi) is 79.8. The number of esters is 1. The van der Waals surface area contributed by atoms with Crippen molar-refractivity contribution in [2.75, 3.05) is 13.2 Å². The highest BCUT2D eigenvalue weighted by Gasteiger charge is 2.20. The fourth-order valence-corrected chi connectivity index (χ4v) is 13.5. The highest BCUT2D eigenvalue weighted by molar-refractivity contribution is 5.76. The number of rotatable bonds is 80. The Labute approximate surface area is 576 Å². The highest BCUT2D eigenvalue weighted by atomic mass is 16.5. The zero-order valence-corrected chi connectivity index (χ0v) is 62.6. The molecule has 0 saturated carbocycles. The van der Waals surface area contributed by atoms with E-state index in [1.807, 2.05) is 0 Å². The summed E-state index contributed by atoms with van der Waals surface area (Å²) in [5.41, 5.74) is 0. The maximum atomic E-state index is 12.6. The summed E-state index contributed by atoms with van der Waals surface area (Å²) in [4.78, 5) is 24.7. The van der Waals surface area contributed by atoms with Crippen molar-refractivity contribution >= 4 is 11.9 Å². The van der Waals surface area contributed by atoms with Gasteiger partial charge in [-0.1, -0.05) is 416 Å². The van der Waals surface area contributed by atoms with E-state index in [-0.39, 0.29) is 18.5 Å². The first kappa shape index (κ1) is 90.1. The lowest BCUT2D eigenvalue weighted by Gasteiger charge is -2.22. The molecule has 0 fully saturated rings. The molecule has 92 heavy (non-hydrogen) atoms. The Morgan fingerprint density at radius 2 is 0.543 bits per heavy atom. The van der Waals surface area contributed by atoms with Crippen LogP contribution in [-0.2, 0) is 14.3 Å². The van der Waals surface area contributed by atoms with E-state index in [4.69, 9.17) is 4.74 Å². The summed E-state index contributed by atoms with van der Waals surface area (Å²) in [7, 11) is 0. The fraction of sp³-hybridized carbons (Fsp3) is 0.907. The van der Waals surface area contributed by atoms with Gasteiger partial charge in [0.05, 0.1) is 25.4 Å². The summed E-state index contributed by atoms with van der Waals surface area (Å²) >= 11 is 0. The van der Waals surface area contributed by atoms with E-state index < -0.39 is 12.1 Å². The third-order valence-corrected chi connectivity index (χ3v) is 19.9. The van der Waals surface area contributed by atoms with Gasteiger partial charge in [0.1, 0.15) is 0 Å². The second kappa shape index (κ2) is 81.5. The molecule has 1 amide bonds. The number of aliphatic hydroxyl groups is 2. The summed E-state index contributed by atoms with van der Waals surface area (Å²) < 4.78 is 5.52. The lowest BCUT2D eigenvalue weighted by Crippen LogP contribution is -2.45. The maximum Gasteiger partial charge on any atom is 0.305 e. The number of ether oxygens (including phenoxy) is 1. The van der Waals surface area contributed by atoms with Crippen molar-refractivity contribution in [3.05, 3.63) is 36.5 Å². The molecule has 0 aromatic carbocycles. The number of hydrogen-bond donors (Lipinski definition) is 3. The summed E-state index contributed by atoms with van der Waals surface area (Å²) in [6.45, 7) is 4.98. The molecule has 0 spiro atoms. The van der Waals surface area contributed by atoms with Crippen LogP contribution in [0.2, 0.25) is 0 Å². The number of nitrogens with one attached hydrogen (secondary N) is 1. The van der Waals surface area contributed by atoms with Gasteiger partial charge in [-0.25, -0.2) is 0 Å². The van der Waals surface area contributed by atoms with Crippen molar-refractivity contribution in [2.45, 2.75) is 488 Å². The van der Waals surface area contributed by atoms with E-state index in [0.717, 1.165) is 51.4 Å². The fourth-order valence-electron chi connectivity index (χ4n) is 13.5. The van der Waals surface area contributed by atoms with Crippen LogP contribution in [0.15, 0.2) is 36.5 Å². The van der Waals surface area contributed by atoms with Gasteiger partial charge in [-0.15, -0.1) is 0 Å². The highest BCUT2D eigenvalue weighted by Crippen LogP contribution is 2.20. The molecule has 6 nitrogen and oxygen atoms in total. The van der Waals surface area contributed by atoms with Crippen LogP contribution in [0.4, 0.5) is 0 Å². The van der Waals surface area contributed by atoms with Crippen LogP contribution in [-0.4, -0.2) is 47.4 Å². The van der Waals surface area contributed by atoms with E-state index in [0.29, 0.717) is 25.9 Å². The molecule has 0 aliphatic rings. The van der Waals surface area contributed by atoms with Crippen molar-refractivity contribution in [2.24, 2.45) is 0 Å². The van der Waals surface area contributed by atoms with E-state index in [1.54, 1.807) is 0 Å². The average Bonchev–Trinajstić information content (AvgIpc) is 3.68. The number of hydrogen-bond acceptors (Lipinski definition) is 5. The Hall–Kier alpha value is -1.92. The lowest BCUT2D eigenvalue weighted by atomic mass is 10.0. The third kappa shape index (κ3) is 77.1. The van der Waals surface area contributed by atoms with Crippen LogP contribution in [0.5, 0.6) is 0 Å². The van der Waals surface area contributed by atoms with Gasteiger partial charge < -0.3 is 20.3 Å². The van der Waals surface area contributed by atoms with E-state index in [9.17, 15) is 19.8 Å². The monoisotopic (exact) mass is 1290 g/mol. The van der Waals surface area contributed by atoms with Gasteiger partial charge in [0.15, 0.2) is 0 Å². The largest absolute Gasteiger partial charge is 0.466 e. The van der Waals surface area contributed by atoms with Crippen LogP contribution in [0.1, 0.15) is 476 Å². The third-order valence-electron chi connectivity index (χ3n) is 19.9. The molecular formula is C86H165NO5. The minimum absolute atomic E-state index is 0.0154. The summed E-state index contributed by atoms with van der Waals surface area (Å²) in [5, 5.41) is 23.5. The molecule has 0 radical (unpaired) electrons. The number of carbonyl (C=O) groups excluding carboxylic acids is 2. The first-order valence-corrected chi connectivity index (χ1v) is 42.2. The molecule has 0 aliphatic carbocycles. The van der Waals surface area contributed by atoms with Crippen molar-refractivity contribution in [1.29, 1.82) is 0 Å². The van der Waals surface area contributed by atoms with Crippen molar-refractivity contribution < 1.29 is 24.5 Å². The van der Waals surface area contributed by atoms with Crippen LogP contribution < -0.4 is 5.32 Å². The number of aliphatic hydroxyl groups excluding tert-OH is 2. The predicted molar refractivity (Wildman–Crippen MR) is 407 cm³/mol. The first-order valence-electron chi connectivity index (χ1n) is 42.2. The zero-order valence-electron chi connectivity index (χ0n) is 62.6. The normalized spacial score (nSPS) is 12.6. The summed E-state index contributed by atoms with van der Waals surface area (Å²) in [6.07, 6.45) is 107. The molecule has 0 aliphatic heterocycles. The average molecular weight is 1290 g/mol. The second-order valence-corrected chi connectivity index (χ2v) is 29.2. The van der Waals surface area contributed by atoms with E-state index >= 15 is 0 Å². The molecule has 2 unspecified atom stereocenters. The Balaban J connectivity index is 3.35. The van der Waals surface area contributed by atoms with E-state index in [2.05, 4.69) is 55.6 Å². The molecular weight excluding hydrogens is 1130 g/mol. The van der Waals surface area contributed by atoms with Crippen LogP contribution >= 0.6 is 0 Å². The van der Waals surface area contributed by atoms with Crippen molar-refractivity contribution in [1.82, 2.24) is 5.32 Å². The molecule has 544 valence electrons. The summed E-state index contributed by atoms with van der Waals surface area (Å²) in [6, 6.07) is -0.541. The minimum Gasteiger partial charge on any atom is -0.466 e. The predicted octanol–water partition coefficient (Wildman–Crippen LogP) is 28.2. The Morgan fingerprint density at radius 3 is 0.859 bits per heavy atom. The van der Waals surface area contributed by atoms with Crippen molar-refractivity contribution in [3.63, 3.8) is 0 Å². The van der Waals surface area contributed by atoms with Crippen molar-refractivity contribution in [3.8, 4) is 0 Å². The Morgan fingerprint density at radius 1 is 0.304 bits per heavy atom. The van der Waals surface area contributed by atoms with E-state index in [1.165, 1.54) is 392 Å². The second-order valence-electron chi connectivity index (χ2n) is 29.2. The molecule has 2 atom stereocenters. The molecule has 0 rings (SSSR count). The number of allylic oxidation sites excluding steroid dienone is 6. The summed E-state index contributed by atoms with van der Waals surface area (Å²) in [5.74, 6) is -0.0111. The minimum atomic E-state index is -0.664. The van der Waals surface area contributed by atoms with Gasteiger partial charge in [-0.05, 0) is 83.5 Å². The van der Waals surface area contributed by atoms with Gasteiger partial charge in [0.2, 0.25) is 5.91 Å². The zero-order chi connectivity index (χ0) is 66.3. The van der Waals surface area contributed by atoms with Gasteiger partial charge in [-0.3, -0.25) is 9.59 Å². The molecule has 0 bridgehead atoms. The molecule has 3 N–H and O–H groups in total. The SMILES string of the molecule is CCCCC/C=C\C/C=C\CCCCCCCCCCCC(=O)OCCCCCCCCCCCCCC/C=C\CCCCCCCCCCCCCCCCCCC(=O)NC(CO)C(O)CCCCCCCCCCCCCCCCCCCCCCCCCC. The molecule has 6 heteroatoms. The topological polar surface area (TPSA) is 95.9 Å². The molecule has 0 heterocycles. The first-order chi connectivity index (χ1) is 45.5. The van der Waals surface area contributed by atoms with Crippen LogP contribution in [0, 0.1) is 0 Å². The van der Waals surface area contributed by atoms with Gasteiger partial charge in [0, 0.05) is 12.8 Å². The Bertz CT molecular complexity index is 1490. The molecule has 0 aromatic rings. The number of carbonyl (C=O) groups is 2. The number of unbranched alkanes of at least 4 members (excludes halogenated alkanes) is 63. The standard InChI is InChI=1S/C86H165NO5/c1-3-5-7-9-11-13-15-17-19-21-23-24-25-36-39-43-46-50-54-58-62-66-70-74-78-84(89)83(82-88)87-85(90)79-75-71-67-63-59-55-51-47-44-40-37-34-32-30-28-26-27-29-31-33-35-38-41-45-49-53-57-61-65-69-73-77-81-92-86(91)80-76-72-68-64-60-56-52-48-42-22-20-18-16-14-12-10-8-6-4-2/h12,14,18,20,29,31,83-84,88-89H,3-11,13,15-17,19,21-28,30,32-82H2,1-2H3,(H,87,90)/b14-12-,20-18-,31-29-. The molecule has 0 saturated heterocycles. The van der Waals surface area contributed by atoms with Crippen LogP contribution in [0.3, 0.4) is 0 Å². The molecule has 0 aromatic heterocycles. The van der Waals surface area contributed by atoms with Gasteiger partial charge in [0.25, 0.3) is 0 Å². The quantitative estimate of drug-likeness (QED) is 0.0320. The van der Waals surface area contributed by atoms with Gasteiger partial charge >= 0.3 is 5.97 Å². The van der Waals surface area contributed by atoms with Crippen LogP contribution in [0.25, 0.3) is 0 Å². The number of amides is 1. The van der Waals surface area contributed by atoms with Gasteiger partial charge in [-0.2, -0.15) is 0 Å². The lowest BCUT2D eigenvalue weighted by molar-refractivity contribution is -0.143. The smallest absolute Gasteiger partial charge is 0.305 e.